The second-order valence-corrected chi connectivity index (χ2v) is 4.98. The Hall–Kier alpha value is -0.900. The van der Waals surface area contributed by atoms with E-state index in [9.17, 15) is 0 Å². The van der Waals surface area contributed by atoms with E-state index in [4.69, 9.17) is 5.73 Å². The van der Waals surface area contributed by atoms with Crippen LogP contribution in [0.4, 0.5) is 0 Å². The molecular formula is C12H22N4. The van der Waals surface area contributed by atoms with Gasteiger partial charge in [0.05, 0.1) is 11.9 Å². The minimum atomic E-state index is 0.100. The molecule has 0 bridgehead atoms. The summed E-state index contributed by atoms with van der Waals surface area (Å²) in [6, 6.07) is 0.100. The van der Waals surface area contributed by atoms with Gasteiger partial charge >= 0.3 is 0 Å². The molecule has 1 aliphatic carbocycles. The summed E-state index contributed by atoms with van der Waals surface area (Å²) in [6.07, 6.45) is 11.1. The number of nitrogens with zero attached hydrogens (tertiary/aromatic N) is 3. The number of hydrogen-bond acceptors (Lipinski definition) is 3. The van der Waals surface area contributed by atoms with Gasteiger partial charge in [0, 0.05) is 13.1 Å². The molecule has 1 atom stereocenters. The summed E-state index contributed by atoms with van der Waals surface area (Å²) in [6.45, 7) is 0. The van der Waals surface area contributed by atoms with Gasteiger partial charge in [0.1, 0.15) is 0 Å². The zero-order valence-corrected chi connectivity index (χ0v) is 10.1. The van der Waals surface area contributed by atoms with Gasteiger partial charge in [0.25, 0.3) is 0 Å². The lowest BCUT2D eigenvalue weighted by Gasteiger charge is -2.18. The van der Waals surface area contributed by atoms with E-state index in [1.54, 1.807) is 10.9 Å². The molecule has 0 saturated heterocycles. The van der Waals surface area contributed by atoms with Gasteiger partial charge in [-0.15, -0.1) is 5.10 Å². The molecule has 1 aliphatic rings. The highest BCUT2D eigenvalue weighted by Crippen LogP contribution is 2.29. The Kier molecular flexibility index (Phi) is 3.93. The Labute approximate surface area is 97.2 Å². The topological polar surface area (TPSA) is 56.7 Å². The summed E-state index contributed by atoms with van der Waals surface area (Å²) in [5, 5.41) is 7.82. The maximum Gasteiger partial charge on any atom is 0.0751 e. The molecule has 0 amide bonds. The summed E-state index contributed by atoms with van der Waals surface area (Å²) in [4.78, 5) is 0. The molecule has 2 rings (SSSR count). The van der Waals surface area contributed by atoms with E-state index in [0.29, 0.717) is 0 Å². The second kappa shape index (κ2) is 5.43. The molecule has 16 heavy (non-hydrogen) atoms. The molecule has 1 saturated carbocycles. The fourth-order valence-electron chi connectivity index (χ4n) is 2.71. The van der Waals surface area contributed by atoms with Crippen molar-refractivity contribution in [1.82, 2.24) is 15.0 Å². The molecule has 0 radical (unpaired) electrons. The average Bonchev–Trinajstić information content (AvgIpc) is 2.53. The van der Waals surface area contributed by atoms with E-state index < -0.39 is 0 Å². The number of rotatable bonds is 3. The van der Waals surface area contributed by atoms with Crippen LogP contribution < -0.4 is 5.73 Å². The van der Waals surface area contributed by atoms with Crippen LogP contribution in [0.5, 0.6) is 0 Å². The molecule has 0 spiro atoms. The number of nitrogens with two attached hydrogens (primary N) is 1. The van der Waals surface area contributed by atoms with Crippen molar-refractivity contribution in [3.8, 4) is 0 Å². The lowest BCUT2D eigenvalue weighted by molar-refractivity contribution is 0.384. The Bertz CT molecular complexity index is 313. The summed E-state index contributed by atoms with van der Waals surface area (Å²) < 4.78 is 1.79. The summed E-state index contributed by atoms with van der Waals surface area (Å²) in [5.74, 6) is 0.799. The van der Waals surface area contributed by atoms with Gasteiger partial charge in [-0.3, -0.25) is 4.68 Å². The molecule has 0 aromatic carbocycles. The Morgan fingerprint density at radius 3 is 2.62 bits per heavy atom. The quantitative estimate of drug-likeness (QED) is 0.797. The van der Waals surface area contributed by atoms with E-state index in [2.05, 4.69) is 10.3 Å². The highest BCUT2D eigenvalue weighted by atomic mass is 15.4. The van der Waals surface area contributed by atoms with Crippen LogP contribution >= 0.6 is 0 Å². The molecule has 2 N–H and O–H groups in total. The summed E-state index contributed by atoms with van der Waals surface area (Å²) >= 11 is 0. The summed E-state index contributed by atoms with van der Waals surface area (Å²) in [5.41, 5.74) is 7.28. The van der Waals surface area contributed by atoms with Gasteiger partial charge in [-0.2, -0.15) is 0 Å². The number of aromatic nitrogens is 3. The van der Waals surface area contributed by atoms with E-state index in [1.807, 2.05) is 7.05 Å². The van der Waals surface area contributed by atoms with Crippen molar-refractivity contribution in [2.24, 2.45) is 18.7 Å². The smallest absolute Gasteiger partial charge is 0.0751 e. The lowest BCUT2D eigenvalue weighted by atomic mass is 9.92. The predicted octanol–water partition coefficient (Wildman–Crippen LogP) is 2.18. The van der Waals surface area contributed by atoms with Crippen LogP contribution in [0, 0.1) is 5.92 Å². The molecular weight excluding hydrogens is 200 g/mol. The van der Waals surface area contributed by atoms with Crippen LogP contribution in [0.25, 0.3) is 0 Å². The first-order chi connectivity index (χ1) is 7.77. The van der Waals surface area contributed by atoms with Crippen molar-refractivity contribution in [3.63, 3.8) is 0 Å². The molecule has 90 valence electrons. The fraction of sp³-hybridized carbons (Fsp3) is 0.833. The second-order valence-electron chi connectivity index (χ2n) is 4.98. The monoisotopic (exact) mass is 222 g/mol. The first-order valence-corrected chi connectivity index (χ1v) is 6.37. The first-order valence-electron chi connectivity index (χ1n) is 6.37. The molecule has 0 aliphatic heterocycles. The van der Waals surface area contributed by atoms with Gasteiger partial charge in [-0.25, -0.2) is 0 Å². The molecule has 1 fully saturated rings. The normalized spacial score (nSPS) is 20.6. The van der Waals surface area contributed by atoms with Crippen molar-refractivity contribution in [2.45, 2.75) is 51.0 Å². The molecule has 1 heterocycles. The van der Waals surface area contributed by atoms with Crippen LogP contribution in [-0.4, -0.2) is 15.0 Å². The predicted molar refractivity (Wildman–Crippen MR) is 63.7 cm³/mol. The van der Waals surface area contributed by atoms with Crippen LogP contribution in [0.1, 0.15) is 56.7 Å². The third-order valence-electron chi connectivity index (χ3n) is 3.69. The van der Waals surface area contributed by atoms with Crippen LogP contribution in [0.3, 0.4) is 0 Å². The first kappa shape index (κ1) is 11.6. The fourth-order valence-corrected chi connectivity index (χ4v) is 2.71. The molecule has 1 aromatic rings. The van der Waals surface area contributed by atoms with Gasteiger partial charge < -0.3 is 5.73 Å². The number of hydrogen-bond donors (Lipinski definition) is 1. The van der Waals surface area contributed by atoms with Gasteiger partial charge in [0.2, 0.25) is 0 Å². The van der Waals surface area contributed by atoms with E-state index >= 15 is 0 Å². The zero-order valence-electron chi connectivity index (χ0n) is 10.1. The minimum Gasteiger partial charge on any atom is -0.323 e. The average molecular weight is 222 g/mol. The van der Waals surface area contributed by atoms with Gasteiger partial charge in [0.15, 0.2) is 0 Å². The standard InChI is InChI=1S/C12H22N4/c1-16-12(9-14-15-16)11(13)8-10-6-4-2-3-5-7-10/h9-11H,2-8,13H2,1H3. The molecule has 4 heteroatoms. The highest BCUT2D eigenvalue weighted by Gasteiger charge is 2.18. The highest BCUT2D eigenvalue weighted by molar-refractivity contribution is 5.00. The van der Waals surface area contributed by atoms with Crippen molar-refractivity contribution in [1.29, 1.82) is 0 Å². The third-order valence-corrected chi connectivity index (χ3v) is 3.69. The molecule has 1 aromatic heterocycles. The van der Waals surface area contributed by atoms with Crippen molar-refractivity contribution < 1.29 is 0 Å². The van der Waals surface area contributed by atoms with Crippen LogP contribution in [0.15, 0.2) is 6.20 Å². The zero-order chi connectivity index (χ0) is 11.4. The maximum absolute atomic E-state index is 6.22. The van der Waals surface area contributed by atoms with E-state index in [0.717, 1.165) is 18.0 Å². The van der Waals surface area contributed by atoms with Crippen LogP contribution in [0.2, 0.25) is 0 Å². The van der Waals surface area contributed by atoms with E-state index in [-0.39, 0.29) is 6.04 Å². The molecule has 4 nitrogen and oxygen atoms in total. The Morgan fingerprint density at radius 1 is 1.38 bits per heavy atom. The molecule has 1 unspecified atom stereocenters. The maximum atomic E-state index is 6.22. The van der Waals surface area contributed by atoms with Crippen LogP contribution in [-0.2, 0) is 7.05 Å². The SMILES string of the molecule is Cn1nncc1C(N)CC1CCCCCC1. The van der Waals surface area contributed by atoms with Gasteiger partial charge in [-0.1, -0.05) is 43.7 Å². The van der Waals surface area contributed by atoms with E-state index in [1.165, 1.54) is 38.5 Å². The Morgan fingerprint density at radius 2 is 2.06 bits per heavy atom. The third kappa shape index (κ3) is 2.82. The Balaban J connectivity index is 1.91. The van der Waals surface area contributed by atoms with Crippen molar-refractivity contribution in [2.75, 3.05) is 0 Å². The van der Waals surface area contributed by atoms with Crippen molar-refractivity contribution >= 4 is 0 Å². The van der Waals surface area contributed by atoms with Crippen molar-refractivity contribution in [3.05, 3.63) is 11.9 Å². The summed E-state index contributed by atoms with van der Waals surface area (Å²) in [7, 11) is 1.91. The largest absolute Gasteiger partial charge is 0.323 e. The minimum absolute atomic E-state index is 0.100. The number of aryl methyl sites for hydroxylation is 1. The van der Waals surface area contributed by atoms with Gasteiger partial charge in [-0.05, 0) is 12.3 Å². The lowest BCUT2D eigenvalue weighted by Crippen LogP contribution is -2.18.